The standard InChI is InChI=1S/C10H10N4OS/c1-7(2-3-11)4-9-13-10(14-15-9)8-5-12-6-16-8/h5-7H,2,4H2,1H3. The largest absolute Gasteiger partial charge is 0.339 e. The molecule has 82 valence electrons. The van der Waals surface area contributed by atoms with Gasteiger partial charge in [-0.1, -0.05) is 12.1 Å². The van der Waals surface area contributed by atoms with Crippen LogP contribution in [0.5, 0.6) is 0 Å². The fourth-order valence-corrected chi connectivity index (χ4v) is 1.84. The molecule has 0 aliphatic carbocycles. The van der Waals surface area contributed by atoms with E-state index in [1.807, 2.05) is 6.92 Å². The Balaban J connectivity index is 2.06. The molecule has 0 aliphatic heterocycles. The van der Waals surface area contributed by atoms with Crippen molar-refractivity contribution < 1.29 is 4.52 Å². The average molecular weight is 234 g/mol. The lowest BCUT2D eigenvalue weighted by atomic mass is 10.1. The molecule has 0 radical (unpaired) electrons. The Kier molecular flexibility index (Phi) is 3.27. The van der Waals surface area contributed by atoms with Gasteiger partial charge in [0.1, 0.15) is 0 Å². The Bertz CT molecular complexity index is 485. The molecule has 0 bridgehead atoms. The summed E-state index contributed by atoms with van der Waals surface area (Å²) in [6, 6.07) is 2.12. The van der Waals surface area contributed by atoms with E-state index < -0.39 is 0 Å². The molecule has 2 aromatic rings. The van der Waals surface area contributed by atoms with Crippen molar-refractivity contribution in [1.82, 2.24) is 15.1 Å². The lowest BCUT2D eigenvalue weighted by Crippen LogP contribution is -1.98. The van der Waals surface area contributed by atoms with E-state index in [0.717, 1.165) is 4.88 Å². The van der Waals surface area contributed by atoms with Gasteiger partial charge in [-0.25, -0.2) is 0 Å². The Morgan fingerprint density at radius 2 is 2.50 bits per heavy atom. The van der Waals surface area contributed by atoms with Gasteiger partial charge in [0.2, 0.25) is 11.7 Å². The van der Waals surface area contributed by atoms with E-state index in [1.54, 1.807) is 11.7 Å². The highest BCUT2D eigenvalue weighted by molar-refractivity contribution is 7.13. The van der Waals surface area contributed by atoms with Crippen LogP contribution in [-0.2, 0) is 6.42 Å². The molecule has 1 unspecified atom stereocenters. The summed E-state index contributed by atoms with van der Waals surface area (Å²) in [6.07, 6.45) is 2.84. The highest BCUT2D eigenvalue weighted by Crippen LogP contribution is 2.20. The van der Waals surface area contributed by atoms with Gasteiger partial charge in [-0.05, 0) is 5.92 Å². The first-order chi connectivity index (χ1) is 7.79. The first-order valence-corrected chi connectivity index (χ1v) is 5.76. The van der Waals surface area contributed by atoms with Crippen molar-refractivity contribution in [2.24, 2.45) is 5.92 Å². The molecule has 5 nitrogen and oxygen atoms in total. The molecule has 6 heteroatoms. The van der Waals surface area contributed by atoms with Crippen LogP contribution in [0.1, 0.15) is 19.2 Å². The highest BCUT2D eigenvalue weighted by atomic mass is 32.1. The van der Waals surface area contributed by atoms with Crippen LogP contribution in [0.4, 0.5) is 0 Å². The minimum absolute atomic E-state index is 0.236. The topological polar surface area (TPSA) is 75.6 Å². The first kappa shape index (κ1) is 10.8. The van der Waals surface area contributed by atoms with Gasteiger partial charge in [0.25, 0.3) is 0 Å². The number of thiazole rings is 1. The van der Waals surface area contributed by atoms with Crippen molar-refractivity contribution >= 4 is 11.3 Å². The molecule has 0 amide bonds. The molecule has 0 spiro atoms. The summed E-state index contributed by atoms with van der Waals surface area (Å²) >= 11 is 1.47. The van der Waals surface area contributed by atoms with Crippen molar-refractivity contribution in [1.29, 1.82) is 5.26 Å². The zero-order valence-electron chi connectivity index (χ0n) is 8.75. The summed E-state index contributed by atoms with van der Waals surface area (Å²) in [4.78, 5) is 9.10. The van der Waals surface area contributed by atoms with Crippen molar-refractivity contribution in [3.05, 3.63) is 17.6 Å². The predicted octanol–water partition coefficient (Wildman–Crippen LogP) is 2.29. The Labute approximate surface area is 96.8 Å². The molecule has 2 rings (SSSR count). The summed E-state index contributed by atoms with van der Waals surface area (Å²) in [7, 11) is 0. The van der Waals surface area contributed by atoms with Crippen molar-refractivity contribution in [2.45, 2.75) is 19.8 Å². The van der Waals surface area contributed by atoms with E-state index in [1.165, 1.54) is 11.3 Å². The molecule has 0 aromatic carbocycles. The third-order valence-corrected chi connectivity index (χ3v) is 2.85. The summed E-state index contributed by atoms with van der Waals surface area (Å²) in [5, 5.41) is 12.4. The molecule has 0 saturated heterocycles. The second kappa shape index (κ2) is 4.86. The van der Waals surface area contributed by atoms with Gasteiger partial charge in [0, 0.05) is 19.0 Å². The van der Waals surface area contributed by atoms with E-state index in [2.05, 4.69) is 21.2 Å². The molecule has 2 heterocycles. The minimum Gasteiger partial charge on any atom is -0.339 e. The second-order valence-corrected chi connectivity index (χ2v) is 4.44. The fourth-order valence-electron chi connectivity index (χ4n) is 1.29. The maximum absolute atomic E-state index is 8.55. The van der Waals surface area contributed by atoms with Gasteiger partial charge in [0.15, 0.2) is 0 Å². The van der Waals surface area contributed by atoms with E-state index in [0.29, 0.717) is 24.6 Å². The third-order valence-electron chi connectivity index (χ3n) is 2.08. The Hall–Kier alpha value is -1.74. The molecule has 0 saturated carbocycles. The second-order valence-electron chi connectivity index (χ2n) is 3.55. The van der Waals surface area contributed by atoms with E-state index in [-0.39, 0.29) is 5.92 Å². The minimum atomic E-state index is 0.236. The van der Waals surface area contributed by atoms with Crippen LogP contribution in [0.25, 0.3) is 10.7 Å². The van der Waals surface area contributed by atoms with Crippen molar-refractivity contribution in [3.63, 3.8) is 0 Å². The first-order valence-electron chi connectivity index (χ1n) is 4.88. The van der Waals surface area contributed by atoms with Crippen molar-refractivity contribution in [3.8, 4) is 16.8 Å². The van der Waals surface area contributed by atoms with Gasteiger partial charge >= 0.3 is 0 Å². The van der Waals surface area contributed by atoms with E-state index >= 15 is 0 Å². The molecular weight excluding hydrogens is 224 g/mol. The molecule has 16 heavy (non-hydrogen) atoms. The smallest absolute Gasteiger partial charge is 0.227 e. The van der Waals surface area contributed by atoms with Crippen LogP contribution in [0.3, 0.4) is 0 Å². The lowest BCUT2D eigenvalue weighted by Gasteiger charge is -2.00. The van der Waals surface area contributed by atoms with Gasteiger partial charge in [-0.2, -0.15) is 10.2 Å². The Morgan fingerprint density at radius 3 is 3.19 bits per heavy atom. The molecule has 0 fully saturated rings. The summed E-state index contributed by atoms with van der Waals surface area (Å²) in [5.41, 5.74) is 1.73. The number of hydrogen-bond donors (Lipinski definition) is 0. The molecule has 2 aromatic heterocycles. The van der Waals surface area contributed by atoms with Crippen LogP contribution in [0, 0.1) is 17.2 Å². The fraction of sp³-hybridized carbons (Fsp3) is 0.400. The van der Waals surface area contributed by atoms with Crippen LogP contribution in [-0.4, -0.2) is 15.1 Å². The zero-order valence-corrected chi connectivity index (χ0v) is 9.57. The Morgan fingerprint density at radius 1 is 1.62 bits per heavy atom. The number of rotatable bonds is 4. The van der Waals surface area contributed by atoms with Crippen LogP contribution >= 0.6 is 11.3 Å². The normalized spacial score (nSPS) is 12.2. The highest BCUT2D eigenvalue weighted by Gasteiger charge is 2.12. The SMILES string of the molecule is CC(CC#N)Cc1nc(-c2cncs2)no1. The monoisotopic (exact) mass is 234 g/mol. The third kappa shape index (κ3) is 2.44. The zero-order chi connectivity index (χ0) is 11.4. The van der Waals surface area contributed by atoms with Crippen LogP contribution < -0.4 is 0 Å². The molecule has 1 atom stereocenters. The summed E-state index contributed by atoms with van der Waals surface area (Å²) in [6.45, 7) is 1.99. The predicted molar refractivity (Wildman–Crippen MR) is 58.5 cm³/mol. The number of aromatic nitrogens is 3. The quantitative estimate of drug-likeness (QED) is 0.811. The number of hydrogen-bond acceptors (Lipinski definition) is 6. The summed E-state index contributed by atoms with van der Waals surface area (Å²) < 4.78 is 5.11. The van der Waals surface area contributed by atoms with Gasteiger partial charge < -0.3 is 4.52 Å². The van der Waals surface area contributed by atoms with E-state index in [9.17, 15) is 0 Å². The maximum Gasteiger partial charge on any atom is 0.227 e. The number of nitrogens with zero attached hydrogens (tertiary/aromatic N) is 4. The number of nitriles is 1. The van der Waals surface area contributed by atoms with Crippen molar-refractivity contribution in [2.75, 3.05) is 0 Å². The van der Waals surface area contributed by atoms with Crippen LogP contribution in [0.2, 0.25) is 0 Å². The molecule has 0 N–H and O–H groups in total. The lowest BCUT2D eigenvalue weighted by molar-refractivity contribution is 0.359. The average Bonchev–Trinajstić information content (AvgIpc) is 2.86. The maximum atomic E-state index is 8.55. The molecule has 0 aliphatic rings. The van der Waals surface area contributed by atoms with Crippen LogP contribution in [0.15, 0.2) is 16.2 Å². The van der Waals surface area contributed by atoms with Gasteiger partial charge in [-0.3, -0.25) is 4.98 Å². The molecular formula is C10H10N4OS. The van der Waals surface area contributed by atoms with Gasteiger partial charge in [-0.15, -0.1) is 11.3 Å². The van der Waals surface area contributed by atoms with E-state index in [4.69, 9.17) is 9.78 Å². The summed E-state index contributed by atoms with van der Waals surface area (Å²) in [5.74, 6) is 1.38. The van der Waals surface area contributed by atoms with Gasteiger partial charge in [0.05, 0.1) is 16.5 Å².